The van der Waals surface area contributed by atoms with Crippen LogP contribution in [-0.2, 0) is 9.53 Å². The van der Waals surface area contributed by atoms with Gasteiger partial charge < -0.3 is 15.0 Å². The molecule has 0 spiro atoms. The van der Waals surface area contributed by atoms with Crippen molar-refractivity contribution in [3.05, 3.63) is 44.8 Å². The molecule has 1 amide bonds. The Morgan fingerprint density at radius 3 is 2.90 bits per heavy atom. The molecule has 2 rings (SSSR count). The zero-order chi connectivity index (χ0) is 14.5. The molecule has 0 aromatic carbocycles. The number of ether oxygens (including phenoxy) is 1. The molecular weight excluding hydrogens is 344 g/mol. The van der Waals surface area contributed by atoms with Gasteiger partial charge in [0.1, 0.15) is 5.69 Å². The van der Waals surface area contributed by atoms with E-state index in [0.29, 0.717) is 5.69 Å². The van der Waals surface area contributed by atoms with E-state index < -0.39 is 6.04 Å². The van der Waals surface area contributed by atoms with Crippen molar-refractivity contribution in [2.75, 3.05) is 7.11 Å². The van der Waals surface area contributed by atoms with Crippen LogP contribution in [0.25, 0.3) is 0 Å². The van der Waals surface area contributed by atoms with Gasteiger partial charge in [-0.1, -0.05) is 6.07 Å². The van der Waals surface area contributed by atoms with Crippen LogP contribution in [0.2, 0.25) is 0 Å². The van der Waals surface area contributed by atoms with Gasteiger partial charge >= 0.3 is 5.97 Å². The number of methoxy groups -OCH3 is 1. The first-order valence-corrected chi connectivity index (χ1v) is 7.52. The number of H-pyrrole nitrogens is 1. The predicted octanol–water partition coefficient (Wildman–Crippen LogP) is 2.87. The first-order chi connectivity index (χ1) is 9.60. The van der Waals surface area contributed by atoms with Gasteiger partial charge in [-0.05, 0) is 33.4 Å². The highest BCUT2D eigenvalue weighted by molar-refractivity contribution is 9.10. The van der Waals surface area contributed by atoms with E-state index in [9.17, 15) is 9.59 Å². The molecule has 0 fully saturated rings. The summed E-state index contributed by atoms with van der Waals surface area (Å²) in [5.74, 6) is -0.630. The number of carbonyl (C=O) groups is 2. The third-order valence-corrected chi connectivity index (χ3v) is 4.13. The largest absolute Gasteiger partial charge is 0.469 e. The predicted molar refractivity (Wildman–Crippen MR) is 79.7 cm³/mol. The molecule has 0 aliphatic carbocycles. The standard InChI is InChI=1S/C13H13BrN2O3S/c1-19-12(17)6-9(11-3-2-4-20-11)16-13(18)10-5-8(14)7-15-10/h2-5,7,9,15H,6H2,1H3,(H,16,18). The summed E-state index contributed by atoms with van der Waals surface area (Å²) in [6, 6.07) is 5.04. The topological polar surface area (TPSA) is 71.2 Å². The molecule has 20 heavy (non-hydrogen) atoms. The third-order valence-electron chi connectivity index (χ3n) is 2.68. The molecular formula is C13H13BrN2O3S. The number of rotatable bonds is 5. The van der Waals surface area contributed by atoms with Gasteiger partial charge in [0.05, 0.1) is 19.6 Å². The second-order valence-electron chi connectivity index (χ2n) is 4.05. The lowest BCUT2D eigenvalue weighted by Gasteiger charge is -2.15. The van der Waals surface area contributed by atoms with Crippen molar-refractivity contribution in [1.82, 2.24) is 10.3 Å². The van der Waals surface area contributed by atoms with Crippen molar-refractivity contribution in [3.63, 3.8) is 0 Å². The highest BCUT2D eigenvalue weighted by Crippen LogP contribution is 2.23. The van der Waals surface area contributed by atoms with E-state index in [2.05, 4.69) is 31.0 Å². The van der Waals surface area contributed by atoms with Crippen LogP contribution in [0, 0.1) is 0 Å². The maximum absolute atomic E-state index is 12.1. The maximum Gasteiger partial charge on any atom is 0.307 e. The fraction of sp³-hybridized carbons (Fsp3) is 0.231. The van der Waals surface area contributed by atoms with Crippen molar-refractivity contribution in [2.45, 2.75) is 12.5 Å². The average molecular weight is 357 g/mol. The number of hydrogen-bond donors (Lipinski definition) is 2. The zero-order valence-corrected chi connectivity index (χ0v) is 13.1. The zero-order valence-electron chi connectivity index (χ0n) is 10.7. The molecule has 2 aromatic heterocycles. The lowest BCUT2D eigenvalue weighted by molar-refractivity contribution is -0.141. The summed E-state index contributed by atoms with van der Waals surface area (Å²) in [4.78, 5) is 27.3. The van der Waals surface area contributed by atoms with Gasteiger partial charge in [0.25, 0.3) is 5.91 Å². The molecule has 1 unspecified atom stereocenters. The third kappa shape index (κ3) is 3.71. The Balaban J connectivity index is 2.11. The summed E-state index contributed by atoms with van der Waals surface area (Å²) in [5, 5.41) is 4.73. The van der Waals surface area contributed by atoms with Crippen LogP contribution in [-0.4, -0.2) is 24.0 Å². The van der Waals surface area contributed by atoms with E-state index in [0.717, 1.165) is 9.35 Å². The molecule has 2 heterocycles. The molecule has 0 saturated carbocycles. The van der Waals surface area contributed by atoms with Gasteiger partial charge in [-0.25, -0.2) is 0 Å². The van der Waals surface area contributed by atoms with Gasteiger partial charge in [-0.2, -0.15) is 0 Å². The maximum atomic E-state index is 12.1. The van der Waals surface area contributed by atoms with Gasteiger partial charge in [0.2, 0.25) is 0 Å². The average Bonchev–Trinajstić information content (AvgIpc) is 3.08. The Hall–Kier alpha value is -1.60. The number of hydrogen-bond acceptors (Lipinski definition) is 4. The normalized spacial score (nSPS) is 11.9. The van der Waals surface area contributed by atoms with E-state index in [-0.39, 0.29) is 18.3 Å². The van der Waals surface area contributed by atoms with Crippen molar-refractivity contribution < 1.29 is 14.3 Å². The van der Waals surface area contributed by atoms with Crippen LogP contribution in [0.4, 0.5) is 0 Å². The molecule has 2 N–H and O–H groups in total. The first kappa shape index (κ1) is 14.8. The molecule has 0 saturated heterocycles. The summed E-state index contributed by atoms with van der Waals surface area (Å²) in [7, 11) is 1.33. The van der Waals surface area contributed by atoms with Crippen molar-refractivity contribution in [3.8, 4) is 0 Å². The first-order valence-electron chi connectivity index (χ1n) is 5.85. The summed E-state index contributed by atoms with van der Waals surface area (Å²) < 4.78 is 5.46. The molecule has 106 valence electrons. The Morgan fingerprint density at radius 1 is 1.55 bits per heavy atom. The SMILES string of the molecule is COC(=O)CC(NC(=O)c1cc(Br)c[nH]1)c1cccs1. The summed E-state index contributed by atoms with van der Waals surface area (Å²) in [5.41, 5.74) is 0.434. The molecule has 0 aliphatic rings. The van der Waals surface area contributed by atoms with Crippen molar-refractivity contribution in [1.29, 1.82) is 0 Å². The number of halogens is 1. The number of carbonyl (C=O) groups excluding carboxylic acids is 2. The number of amides is 1. The fourth-order valence-electron chi connectivity index (χ4n) is 1.70. The number of aromatic amines is 1. The molecule has 5 nitrogen and oxygen atoms in total. The Labute approximate surface area is 128 Å². The van der Waals surface area contributed by atoms with E-state index in [1.54, 1.807) is 12.3 Å². The highest BCUT2D eigenvalue weighted by Gasteiger charge is 2.21. The second kappa shape index (κ2) is 6.71. The number of esters is 1. The summed E-state index contributed by atoms with van der Waals surface area (Å²) in [6.07, 6.45) is 1.78. The quantitative estimate of drug-likeness (QED) is 0.809. The molecule has 1 atom stereocenters. The number of nitrogens with one attached hydrogen (secondary N) is 2. The number of thiophene rings is 1. The summed E-state index contributed by atoms with van der Waals surface area (Å²) in [6.45, 7) is 0. The van der Waals surface area contributed by atoms with Gasteiger partial charge in [0, 0.05) is 15.5 Å². The van der Waals surface area contributed by atoms with Gasteiger partial charge in [-0.3, -0.25) is 9.59 Å². The summed E-state index contributed by atoms with van der Waals surface area (Å²) >= 11 is 4.76. The Kier molecular flexibility index (Phi) is 4.97. The van der Waals surface area contributed by atoms with Gasteiger partial charge in [0.15, 0.2) is 0 Å². The van der Waals surface area contributed by atoms with Crippen LogP contribution < -0.4 is 5.32 Å². The lowest BCUT2D eigenvalue weighted by Crippen LogP contribution is -2.30. The second-order valence-corrected chi connectivity index (χ2v) is 5.95. The molecule has 0 radical (unpaired) electrons. The Bertz CT molecular complexity index is 595. The smallest absolute Gasteiger partial charge is 0.307 e. The lowest BCUT2D eigenvalue weighted by atomic mass is 10.1. The number of aromatic nitrogens is 1. The van der Waals surface area contributed by atoms with Crippen LogP contribution in [0.1, 0.15) is 27.8 Å². The van der Waals surface area contributed by atoms with Crippen LogP contribution in [0.5, 0.6) is 0 Å². The fourth-order valence-corrected chi connectivity index (χ4v) is 2.82. The monoisotopic (exact) mass is 356 g/mol. The van der Waals surface area contributed by atoms with E-state index in [1.165, 1.54) is 18.4 Å². The minimum Gasteiger partial charge on any atom is -0.469 e. The Morgan fingerprint density at radius 2 is 2.35 bits per heavy atom. The molecule has 0 aliphatic heterocycles. The van der Waals surface area contributed by atoms with Crippen LogP contribution in [0.3, 0.4) is 0 Å². The molecule has 0 bridgehead atoms. The minimum atomic E-state index is -0.392. The highest BCUT2D eigenvalue weighted by atomic mass is 79.9. The van der Waals surface area contributed by atoms with Crippen LogP contribution >= 0.6 is 27.3 Å². The molecule has 7 heteroatoms. The molecule has 2 aromatic rings. The van der Waals surface area contributed by atoms with Crippen LogP contribution in [0.15, 0.2) is 34.2 Å². The van der Waals surface area contributed by atoms with E-state index >= 15 is 0 Å². The van der Waals surface area contributed by atoms with E-state index in [1.807, 2.05) is 17.5 Å². The van der Waals surface area contributed by atoms with Gasteiger partial charge in [-0.15, -0.1) is 11.3 Å². The van der Waals surface area contributed by atoms with Crippen molar-refractivity contribution >= 4 is 39.1 Å². The van der Waals surface area contributed by atoms with Crippen molar-refractivity contribution in [2.24, 2.45) is 0 Å². The minimum absolute atomic E-state index is 0.102. The van der Waals surface area contributed by atoms with E-state index in [4.69, 9.17) is 0 Å².